The standard InChI is InChI=1S/C20H22BrNO5S/c1-26-14-3-6-16(7-4-14)28(24,25)17-9-11-22(12-10-17)20(23)18-13-15(27-2)5-8-19(18)21/h3-8,13,17H,9-12H2,1-2H3. The molecule has 2 aromatic rings. The lowest BCUT2D eigenvalue weighted by Gasteiger charge is -2.32. The summed E-state index contributed by atoms with van der Waals surface area (Å²) in [6.45, 7) is 0.783. The molecule has 6 nitrogen and oxygen atoms in total. The van der Waals surface area contributed by atoms with Crippen molar-refractivity contribution >= 4 is 31.7 Å². The maximum absolute atomic E-state index is 12.9. The number of carbonyl (C=O) groups is 1. The minimum atomic E-state index is -3.44. The lowest BCUT2D eigenvalue weighted by Crippen LogP contribution is -2.42. The zero-order valence-corrected chi connectivity index (χ0v) is 18.1. The predicted octanol–water partition coefficient (Wildman–Crippen LogP) is 3.54. The number of rotatable bonds is 5. The van der Waals surface area contributed by atoms with Crippen LogP contribution >= 0.6 is 15.9 Å². The molecule has 0 aromatic heterocycles. The van der Waals surface area contributed by atoms with Gasteiger partial charge in [0, 0.05) is 17.6 Å². The third-order valence-corrected chi connectivity index (χ3v) is 7.93. The molecule has 1 aliphatic heterocycles. The minimum Gasteiger partial charge on any atom is -0.497 e. The molecule has 8 heteroatoms. The van der Waals surface area contributed by atoms with Gasteiger partial charge in [-0.25, -0.2) is 8.42 Å². The van der Waals surface area contributed by atoms with E-state index in [2.05, 4.69) is 15.9 Å². The van der Waals surface area contributed by atoms with Gasteiger partial charge in [0.2, 0.25) is 0 Å². The predicted molar refractivity (Wildman–Crippen MR) is 110 cm³/mol. The summed E-state index contributed by atoms with van der Waals surface area (Å²) >= 11 is 3.40. The van der Waals surface area contributed by atoms with Gasteiger partial charge in [0.15, 0.2) is 9.84 Å². The second-order valence-corrected chi connectivity index (χ2v) is 9.64. The van der Waals surface area contributed by atoms with E-state index in [-0.39, 0.29) is 10.8 Å². The van der Waals surface area contributed by atoms with Crippen LogP contribution in [0.3, 0.4) is 0 Å². The number of amides is 1. The van der Waals surface area contributed by atoms with Crippen LogP contribution in [0.5, 0.6) is 11.5 Å². The number of methoxy groups -OCH3 is 2. The number of sulfone groups is 1. The van der Waals surface area contributed by atoms with Crippen LogP contribution in [-0.4, -0.2) is 51.8 Å². The molecule has 0 spiro atoms. The molecule has 0 atom stereocenters. The van der Waals surface area contributed by atoms with Gasteiger partial charge in [0.25, 0.3) is 5.91 Å². The molecule has 0 saturated carbocycles. The summed E-state index contributed by atoms with van der Waals surface area (Å²) in [5, 5.41) is -0.501. The molecule has 1 amide bonds. The van der Waals surface area contributed by atoms with Gasteiger partial charge in [-0.1, -0.05) is 0 Å². The Bertz CT molecular complexity index is 951. The summed E-state index contributed by atoms with van der Waals surface area (Å²) in [5.41, 5.74) is 0.510. The van der Waals surface area contributed by atoms with Crippen LogP contribution in [0, 0.1) is 0 Å². The fourth-order valence-electron chi connectivity index (χ4n) is 3.29. The maximum Gasteiger partial charge on any atom is 0.255 e. The Labute approximate surface area is 173 Å². The van der Waals surface area contributed by atoms with Crippen LogP contribution in [0.1, 0.15) is 23.2 Å². The number of carbonyl (C=O) groups excluding carboxylic acids is 1. The number of nitrogens with zero attached hydrogens (tertiary/aromatic N) is 1. The zero-order valence-electron chi connectivity index (χ0n) is 15.7. The van der Waals surface area contributed by atoms with Crippen LogP contribution in [0.2, 0.25) is 0 Å². The first-order valence-corrected chi connectivity index (χ1v) is 11.2. The normalized spacial score (nSPS) is 15.3. The van der Waals surface area contributed by atoms with Crippen molar-refractivity contribution in [1.82, 2.24) is 4.90 Å². The van der Waals surface area contributed by atoms with E-state index in [0.29, 0.717) is 47.5 Å². The van der Waals surface area contributed by atoms with Crippen LogP contribution in [0.25, 0.3) is 0 Å². The molecule has 1 aliphatic rings. The molecule has 2 aromatic carbocycles. The van der Waals surface area contributed by atoms with Crippen LogP contribution in [0.15, 0.2) is 51.8 Å². The van der Waals surface area contributed by atoms with Crippen molar-refractivity contribution in [3.05, 3.63) is 52.5 Å². The summed E-state index contributed by atoms with van der Waals surface area (Å²) in [4.78, 5) is 14.8. The van der Waals surface area contributed by atoms with E-state index in [4.69, 9.17) is 9.47 Å². The first-order chi connectivity index (χ1) is 13.4. The number of hydrogen-bond donors (Lipinski definition) is 0. The van der Waals surface area contributed by atoms with Crippen LogP contribution in [-0.2, 0) is 9.84 Å². The molecule has 1 saturated heterocycles. The summed E-state index contributed by atoms with van der Waals surface area (Å²) in [7, 11) is -0.355. The number of piperidine rings is 1. The van der Waals surface area contributed by atoms with Gasteiger partial charge in [-0.05, 0) is 71.2 Å². The fraction of sp³-hybridized carbons (Fsp3) is 0.350. The monoisotopic (exact) mass is 467 g/mol. The highest BCUT2D eigenvalue weighted by Gasteiger charge is 2.33. The number of ether oxygens (including phenoxy) is 2. The topological polar surface area (TPSA) is 72.9 Å². The highest BCUT2D eigenvalue weighted by Crippen LogP contribution is 2.29. The van der Waals surface area contributed by atoms with E-state index >= 15 is 0 Å². The van der Waals surface area contributed by atoms with E-state index < -0.39 is 15.1 Å². The van der Waals surface area contributed by atoms with Crippen molar-refractivity contribution in [2.24, 2.45) is 0 Å². The molecule has 3 rings (SSSR count). The van der Waals surface area contributed by atoms with Gasteiger partial charge in [-0.15, -0.1) is 0 Å². The van der Waals surface area contributed by atoms with E-state index in [9.17, 15) is 13.2 Å². The fourth-order valence-corrected chi connectivity index (χ4v) is 5.44. The summed E-state index contributed by atoms with van der Waals surface area (Å²) in [6.07, 6.45) is 0.809. The smallest absolute Gasteiger partial charge is 0.255 e. The van der Waals surface area contributed by atoms with E-state index in [1.807, 2.05) is 0 Å². The lowest BCUT2D eigenvalue weighted by atomic mass is 10.1. The highest BCUT2D eigenvalue weighted by molar-refractivity contribution is 9.10. The zero-order chi connectivity index (χ0) is 20.3. The Morgan fingerprint density at radius 2 is 1.57 bits per heavy atom. The molecular formula is C20H22BrNO5S. The van der Waals surface area contributed by atoms with Crippen molar-refractivity contribution < 1.29 is 22.7 Å². The van der Waals surface area contributed by atoms with Gasteiger partial charge in [0.05, 0.1) is 29.9 Å². The van der Waals surface area contributed by atoms with Crippen molar-refractivity contribution in [3.63, 3.8) is 0 Å². The van der Waals surface area contributed by atoms with Crippen LogP contribution < -0.4 is 9.47 Å². The second kappa shape index (κ2) is 8.53. The second-order valence-electron chi connectivity index (χ2n) is 6.56. The van der Waals surface area contributed by atoms with Gasteiger partial charge >= 0.3 is 0 Å². The first kappa shape index (κ1) is 20.7. The van der Waals surface area contributed by atoms with Gasteiger partial charge in [0.1, 0.15) is 11.5 Å². The average molecular weight is 468 g/mol. The lowest BCUT2D eigenvalue weighted by molar-refractivity contribution is 0.0724. The number of likely N-dealkylation sites (tertiary alicyclic amines) is 1. The Balaban J connectivity index is 1.70. The van der Waals surface area contributed by atoms with Crippen molar-refractivity contribution in [1.29, 1.82) is 0 Å². The quantitative estimate of drug-likeness (QED) is 0.671. The Hall–Kier alpha value is -2.06. The number of benzene rings is 2. The largest absolute Gasteiger partial charge is 0.497 e. The van der Waals surface area contributed by atoms with E-state index in [1.54, 1.807) is 54.5 Å². The van der Waals surface area contributed by atoms with E-state index in [1.165, 1.54) is 7.11 Å². The minimum absolute atomic E-state index is 0.133. The number of hydrogen-bond acceptors (Lipinski definition) is 5. The molecule has 0 radical (unpaired) electrons. The molecule has 1 heterocycles. The van der Waals surface area contributed by atoms with Crippen LogP contribution in [0.4, 0.5) is 0 Å². The summed E-state index contributed by atoms with van der Waals surface area (Å²) in [5.74, 6) is 1.08. The van der Waals surface area contributed by atoms with Crippen molar-refractivity contribution in [3.8, 4) is 11.5 Å². The first-order valence-electron chi connectivity index (χ1n) is 8.87. The highest BCUT2D eigenvalue weighted by atomic mass is 79.9. The van der Waals surface area contributed by atoms with E-state index in [0.717, 1.165) is 0 Å². The third kappa shape index (κ3) is 4.17. The Kier molecular flexibility index (Phi) is 6.30. The SMILES string of the molecule is COc1ccc(S(=O)(=O)C2CCN(C(=O)c3cc(OC)ccc3Br)CC2)cc1. The Morgan fingerprint density at radius 1 is 1.00 bits per heavy atom. The number of halogens is 1. The third-order valence-electron chi connectivity index (χ3n) is 4.96. The molecular weight excluding hydrogens is 446 g/mol. The van der Waals surface area contributed by atoms with Gasteiger partial charge < -0.3 is 14.4 Å². The summed E-state index contributed by atoms with van der Waals surface area (Å²) < 4.78 is 36.8. The van der Waals surface area contributed by atoms with Crippen molar-refractivity contribution in [2.45, 2.75) is 23.0 Å². The molecule has 0 bridgehead atoms. The molecule has 28 heavy (non-hydrogen) atoms. The van der Waals surface area contributed by atoms with Gasteiger partial charge in [-0.2, -0.15) is 0 Å². The average Bonchev–Trinajstić information content (AvgIpc) is 2.73. The maximum atomic E-state index is 12.9. The molecule has 0 unspecified atom stereocenters. The van der Waals surface area contributed by atoms with Crippen molar-refractivity contribution in [2.75, 3.05) is 27.3 Å². The molecule has 0 aliphatic carbocycles. The Morgan fingerprint density at radius 3 is 2.14 bits per heavy atom. The molecule has 0 N–H and O–H groups in total. The van der Waals surface area contributed by atoms with Gasteiger partial charge in [-0.3, -0.25) is 4.79 Å². The molecule has 1 fully saturated rings. The summed E-state index contributed by atoms with van der Waals surface area (Å²) in [6, 6.07) is 11.7. The molecule has 150 valence electrons.